The molecule has 0 aromatic carbocycles. The highest BCUT2D eigenvalue weighted by Crippen LogP contribution is 2.01. The summed E-state index contributed by atoms with van der Waals surface area (Å²) in [6.45, 7) is 3.78. The first-order valence-electron chi connectivity index (χ1n) is 4.66. The van der Waals surface area contributed by atoms with Crippen molar-refractivity contribution in [2.24, 2.45) is 5.73 Å². The average Bonchev–Trinajstić information content (AvgIpc) is 2.11. The molecule has 0 heterocycles. The van der Waals surface area contributed by atoms with Gasteiger partial charge in [0.2, 0.25) is 0 Å². The third-order valence-corrected chi connectivity index (χ3v) is 5.76. The Kier molecular flexibility index (Phi) is 6.55. The van der Waals surface area contributed by atoms with Crippen molar-refractivity contribution in [3.8, 4) is 0 Å². The first kappa shape index (κ1) is 14.1. The van der Waals surface area contributed by atoms with E-state index in [0.717, 1.165) is 0 Å². The Morgan fingerprint density at radius 2 is 1.86 bits per heavy atom. The molecule has 0 aliphatic carbocycles. The molecule has 0 rings (SSSR count). The molecule has 6 heteroatoms. The number of nitrogens with two attached hydrogens (primary N) is 1. The van der Waals surface area contributed by atoms with Crippen LogP contribution in [0.1, 0.15) is 20.3 Å². The van der Waals surface area contributed by atoms with Gasteiger partial charge in [0.05, 0.1) is 11.0 Å². The van der Waals surface area contributed by atoms with Gasteiger partial charge in [0.25, 0.3) is 0 Å². The van der Waals surface area contributed by atoms with Crippen LogP contribution in [0.3, 0.4) is 0 Å². The minimum atomic E-state index is -3.04. The summed E-state index contributed by atoms with van der Waals surface area (Å²) in [4.78, 5) is 0. The lowest BCUT2D eigenvalue weighted by molar-refractivity contribution is 0.588. The van der Waals surface area contributed by atoms with E-state index in [1.807, 2.05) is 0 Å². The minimum Gasteiger partial charge on any atom is -0.330 e. The zero-order chi connectivity index (χ0) is 11.2. The lowest BCUT2D eigenvalue weighted by atomic mass is 10.5. The van der Waals surface area contributed by atoms with Crippen LogP contribution in [0.4, 0.5) is 0 Å². The van der Waals surface area contributed by atoms with Gasteiger partial charge in [-0.3, -0.25) is 4.21 Å². The van der Waals surface area contributed by atoms with E-state index >= 15 is 0 Å². The van der Waals surface area contributed by atoms with Gasteiger partial charge in [-0.1, -0.05) is 0 Å². The molecule has 0 fully saturated rings. The molecule has 4 nitrogen and oxygen atoms in total. The fraction of sp³-hybridized carbons (Fsp3) is 1.00. The maximum Gasteiger partial charge on any atom is 0.153 e. The normalized spacial score (nSPS) is 14.6. The van der Waals surface area contributed by atoms with Crippen molar-refractivity contribution in [3.05, 3.63) is 0 Å². The summed E-state index contributed by atoms with van der Waals surface area (Å²) in [6.07, 6.45) is 0.689. The highest BCUT2D eigenvalue weighted by molar-refractivity contribution is 7.93. The molecule has 0 aromatic rings. The summed E-state index contributed by atoms with van der Waals surface area (Å²) in [5.41, 5.74) is 5.25. The van der Waals surface area contributed by atoms with Gasteiger partial charge in [-0.15, -0.1) is 0 Å². The van der Waals surface area contributed by atoms with Crippen LogP contribution < -0.4 is 5.73 Å². The van der Waals surface area contributed by atoms with Crippen LogP contribution >= 0.6 is 0 Å². The Bertz CT molecular complexity index is 272. The van der Waals surface area contributed by atoms with Gasteiger partial charge < -0.3 is 5.73 Å². The van der Waals surface area contributed by atoms with Crippen molar-refractivity contribution in [2.45, 2.75) is 25.5 Å². The van der Waals surface area contributed by atoms with E-state index in [1.54, 1.807) is 13.8 Å². The first-order chi connectivity index (χ1) is 6.40. The number of hydrogen-bond acceptors (Lipinski definition) is 4. The molecule has 2 N–H and O–H groups in total. The van der Waals surface area contributed by atoms with E-state index in [4.69, 9.17) is 5.73 Å². The van der Waals surface area contributed by atoms with Crippen molar-refractivity contribution in [1.82, 2.24) is 0 Å². The number of hydrogen-bond donors (Lipinski definition) is 1. The molecule has 1 unspecified atom stereocenters. The van der Waals surface area contributed by atoms with Crippen molar-refractivity contribution in [1.29, 1.82) is 0 Å². The Labute approximate surface area is 88.6 Å². The summed E-state index contributed by atoms with van der Waals surface area (Å²) in [5.74, 6) is 0.756. The maximum atomic E-state index is 11.3. The van der Waals surface area contributed by atoms with Gasteiger partial charge >= 0.3 is 0 Å². The highest BCUT2D eigenvalue weighted by atomic mass is 32.2. The molecule has 0 saturated heterocycles. The van der Waals surface area contributed by atoms with Crippen molar-refractivity contribution < 1.29 is 12.6 Å². The van der Waals surface area contributed by atoms with Gasteiger partial charge in [-0.25, -0.2) is 8.42 Å². The summed E-state index contributed by atoms with van der Waals surface area (Å²) in [7, 11) is -4.08. The largest absolute Gasteiger partial charge is 0.330 e. The second-order valence-electron chi connectivity index (χ2n) is 3.41. The van der Waals surface area contributed by atoms with Crippen LogP contribution in [-0.4, -0.2) is 41.7 Å². The van der Waals surface area contributed by atoms with E-state index < -0.39 is 20.6 Å². The molecule has 0 aromatic heterocycles. The molecule has 1 atom stereocenters. The lowest BCUT2D eigenvalue weighted by Gasteiger charge is -2.06. The SMILES string of the molecule is CC(C)S(=O)(=O)CCS(=O)CCCN. The third-order valence-electron chi connectivity index (χ3n) is 1.89. The topological polar surface area (TPSA) is 77.2 Å². The van der Waals surface area contributed by atoms with Gasteiger partial charge in [-0.05, 0) is 26.8 Å². The maximum absolute atomic E-state index is 11.3. The summed E-state index contributed by atoms with van der Waals surface area (Å²) in [5, 5.41) is -0.381. The first-order valence-corrected chi connectivity index (χ1v) is 7.87. The quantitative estimate of drug-likeness (QED) is 0.675. The molecule has 0 saturated carbocycles. The van der Waals surface area contributed by atoms with Gasteiger partial charge in [0.15, 0.2) is 9.84 Å². The van der Waals surface area contributed by atoms with E-state index in [0.29, 0.717) is 18.7 Å². The minimum absolute atomic E-state index is 0.0157. The van der Waals surface area contributed by atoms with Crippen LogP contribution in [0.5, 0.6) is 0 Å². The smallest absolute Gasteiger partial charge is 0.153 e. The van der Waals surface area contributed by atoms with E-state index in [9.17, 15) is 12.6 Å². The van der Waals surface area contributed by atoms with Gasteiger partial charge in [-0.2, -0.15) is 0 Å². The van der Waals surface area contributed by atoms with Crippen LogP contribution in [-0.2, 0) is 20.6 Å². The summed E-state index contributed by atoms with van der Waals surface area (Å²) in [6, 6.07) is 0. The Hall–Kier alpha value is 0.0600. The number of sulfone groups is 1. The van der Waals surface area contributed by atoms with Gasteiger partial charge in [0, 0.05) is 22.3 Å². The van der Waals surface area contributed by atoms with Crippen LogP contribution in [0.15, 0.2) is 0 Å². The van der Waals surface area contributed by atoms with E-state index in [-0.39, 0.29) is 16.8 Å². The molecule has 0 aliphatic rings. The monoisotopic (exact) mass is 241 g/mol. The molecule has 0 radical (unpaired) electrons. The van der Waals surface area contributed by atoms with Crippen molar-refractivity contribution in [2.75, 3.05) is 23.8 Å². The predicted molar refractivity (Wildman–Crippen MR) is 60.5 cm³/mol. The van der Waals surface area contributed by atoms with Crippen molar-refractivity contribution >= 4 is 20.6 Å². The third kappa shape index (κ3) is 5.72. The van der Waals surface area contributed by atoms with Crippen LogP contribution in [0, 0.1) is 0 Å². The molecule has 0 aliphatic heterocycles. The molecule has 0 bridgehead atoms. The zero-order valence-electron chi connectivity index (χ0n) is 8.73. The predicted octanol–water partition coefficient (Wildman–Crippen LogP) is -0.0929. The average molecular weight is 241 g/mol. The standard InChI is InChI=1S/C8H19NO3S2/c1-8(2)14(11,12)7-6-13(10)5-3-4-9/h8H,3-7,9H2,1-2H3. The molecular formula is C8H19NO3S2. The lowest BCUT2D eigenvalue weighted by Crippen LogP contribution is -2.22. The fourth-order valence-electron chi connectivity index (χ4n) is 0.791. The van der Waals surface area contributed by atoms with E-state index in [1.165, 1.54) is 0 Å². The van der Waals surface area contributed by atoms with Crippen molar-refractivity contribution in [3.63, 3.8) is 0 Å². The van der Waals surface area contributed by atoms with E-state index in [2.05, 4.69) is 0 Å². The molecule has 86 valence electrons. The van der Waals surface area contributed by atoms with Crippen LogP contribution in [0.2, 0.25) is 0 Å². The Morgan fingerprint density at radius 3 is 2.29 bits per heavy atom. The highest BCUT2D eigenvalue weighted by Gasteiger charge is 2.16. The zero-order valence-corrected chi connectivity index (χ0v) is 10.4. The molecule has 14 heavy (non-hydrogen) atoms. The molecule has 0 amide bonds. The Balaban J connectivity index is 3.89. The molecule has 0 spiro atoms. The number of rotatable bonds is 7. The van der Waals surface area contributed by atoms with Gasteiger partial charge in [0.1, 0.15) is 0 Å². The van der Waals surface area contributed by atoms with Crippen LogP contribution in [0.25, 0.3) is 0 Å². The summed E-state index contributed by atoms with van der Waals surface area (Å²) >= 11 is 0. The second kappa shape index (κ2) is 6.53. The summed E-state index contributed by atoms with van der Waals surface area (Å²) < 4.78 is 34.0. The fourth-order valence-corrected chi connectivity index (χ4v) is 3.63. The molecular weight excluding hydrogens is 222 g/mol. The second-order valence-corrected chi connectivity index (χ2v) is 7.78. The Morgan fingerprint density at radius 1 is 1.29 bits per heavy atom.